The number of nitrogens with zero attached hydrogens (tertiary/aromatic N) is 8. The minimum absolute atomic E-state index is 0.0423. The van der Waals surface area contributed by atoms with Gasteiger partial charge in [-0.1, -0.05) is 6.07 Å². The van der Waals surface area contributed by atoms with Crippen molar-refractivity contribution in [3.8, 4) is 23.1 Å². The smallest absolute Gasteiger partial charge is 0.335 e. The third-order valence-electron chi connectivity index (χ3n) is 8.84. The number of aromatic nitrogens is 5. The van der Waals surface area contributed by atoms with Crippen molar-refractivity contribution in [1.82, 2.24) is 28.6 Å². The number of aryl methyl sites for hydroxylation is 1. The van der Waals surface area contributed by atoms with Crippen LogP contribution in [0.3, 0.4) is 0 Å². The van der Waals surface area contributed by atoms with Gasteiger partial charge in [-0.05, 0) is 37.6 Å². The summed E-state index contributed by atoms with van der Waals surface area (Å²) in [6.07, 6.45) is 0.00884. The van der Waals surface area contributed by atoms with Crippen LogP contribution in [0.4, 0.5) is 10.5 Å². The standard InChI is InChI=1S/C31H34N8O9S/c1-4-49(45,46)37-15-31(16-37,8-9-32)39-14-19(13-35-39)25-20-7-10-38(28(20)34-17-33-25)30(44)36(3)21-11-18(2)5-6-23(21)47-24-12-22(40)26(41)27(48-24)29(42)43/h5-7,10-11,13-14,17,22,24,26-27,40-41H,4,8,12,15-16H2,1-3H3,(H,42,43)/t22-,24-,26+,27+/m1/s1. The Morgan fingerprint density at radius 1 is 1.22 bits per heavy atom. The molecule has 0 saturated carbocycles. The number of carbonyl (C=O) groups is 2. The van der Waals surface area contributed by atoms with Crippen LogP contribution in [0, 0.1) is 18.3 Å². The SMILES string of the molecule is CCS(=O)(=O)N1CC(CC#N)(n2cc(-c3ncnc4c3ccn4C(=O)N(C)c3cc(C)ccc3O[C@H]3C[C@@H](O)[C@H](O)[C@@H](C(=O)O)O3)cn2)C1. The minimum atomic E-state index is -3.42. The van der Waals surface area contributed by atoms with Crippen molar-refractivity contribution < 1.29 is 42.8 Å². The summed E-state index contributed by atoms with van der Waals surface area (Å²) in [5.41, 5.74) is 1.62. The number of rotatable bonds is 9. The molecular weight excluding hydrogens is 660 g/mol. The van der Waals surface area contributed by atoms with E-state index in [1.807, 2.05) is 6.92 Å². The van der Waals surface area contributed by atoms with Gasteiger partial charge in [-0.3, -0.25) is 14.1 Å². The van der Waals surface area contributed by atoms with Gasteiger partial charge in [0.25, 0.3) is 0 Å². The van der Waals surface area contributed by atoms with E-state index in [4.69, 9.17) is 9.47 Å². The highest BCUT2D eigenvalue weighted by atomic mass is 32.2. The van der Waals surface area contributed by atoms with Gasteiger partial charge in [-0.25, -0.2) is 28.0 Å². The number of carboxylic acid groups (broad SMARTS) is 1. The fraction of sp³-hybridized carbons (Fsp3) is 0.419. The van der Waals surface area contributed by atoms with Gasteiger partial charge in [-0.2, -0.15) is 14.7 Å². The second kappa shape index (κ2) is 12.8. The molecule has 6 rings (SSSR count). The number of benzene rings is 1. The maximum atomic E-state index is 13.9. The first-order valence-corrected chi connectivity index (χ1v) is 16.9. The Morgan fingerprint density at radius 3 is 2.67 bits per heavy atom. The average molecular weight is 695 g/mol. The van der Waals surface area contributed by atoms with E-state index in [0.717, 1.165) is 5.56 Å². The lowest BCUT2D eigenvalue weighted by Gasteiger charge is -2.47. The summed E-state index contributed by atoms with van der Waals surface area (Å²) >= 11 is 0. The van der Waals surface area contributed by atoms with E-state index in [0.29, 0.717) is 22.3 Å². The van der Waals surface area contributed by atoms with Crippen LogP contribution in [-0.4, -0.2) is 115 Å². The van der Waals surface area contributed by atoms with E-state index in [2.05, 4.69) is 21.1 Å². The molecular formula is C31H34N8O9S. The molecule has 0 spiro atoms. The highest BCUT2D eigenvalue weighted by Crippen LogP contribution is 2.37. The van der Waals surface area contributed by atoms with Crippen molar-refractivity contribution in [2.24, 2.45) is 0 Å². The number of hydrogen-bond donors (Lipinski definition) is 3. The highest BCUT2D eigenvalue weighted by Gasteiger charge is 2.50. The number of carbonyl (C=O) groups excluding carboxylic acids is 1. The number of nitriles is 1. The lowest BCUT2D eigenvalue weighted by molar-refractivity contribution is -0.228. The number of amides is 1. The molecule has 2 fully saturated rings. The van der Waals surface area contributed by atoms with Crippen molar-refractivity contribution in [2.45, 2.75) is 56.8 Å². The Balaban J connectivity index is 1.27. The van der Waals surface area contributed by atoms with Crippen molar-refractivity contribution in [2.75, 3.05) is 30.8 Å². The Hall–Kier alpha value is -4.93. The number of aliphatic hydroxyl groups is 2. The molecule has 0 unspecified atom stereocenters. The van der Waals surface area contributed by atoms with Gasteiger partial charge in [0.05, 0.1) is 41.9 Å². The molecule has 49 heavy (non-hydrogen) atoms. The number of fused-ring (bicyclic) bond motifs is 1. The van der Waals surface area contributed by atoms with Crippen LogP contribution in [-0.2, 0) is 25.1 Å². The van der Waals surface area contributed by atoms with Crippen LogP contribution in [0.2, 0.25) is 0 Å². The van der Waals surface area contributed by atoms with Gasteiger partial charge >= 0.3 is 12.0 Å². The first kappa shape index (κ1) is 34.0. The molecule has 4 aromatic rings. The van der Waals surface area contributed by atoms with Crippen molar-refractivity contribution in [1.29, 1.82) is 5.26 Å². The summed E-state index contributed by atoms with van der Waals surface area (Å²) in [6.45, 7) is 3.62. The van der Waals surface area contributed by atoms with Gasteiger partial charge in [0.1, 0.15) is 23.7 Å². The lowest BCUT2D eigenvalue weighted by Crippen LogP contribution is -2.64. The zero-order valence-electron chi connectivity index (χ0n) is 26.7. The topological polar surface area (TPSA) is 226 Å². The third kappa shape index (κ3) is 6.11. The van der Waals surface area contributed by atoms with E-state index < -0.39 is 52.2 Å². The second-order valence-electron chi connectivity index (χ2n) is 12.1. The molecule has 4 atom stereocenters. The van der Waals surface area contributed by atoms with Crippen LogP contribution >= 0.6 is 0 Å². The summed E-state index contributed by atoms with van der Waals surface area (Å²) in [6, 6.07) is 8.32. The van der Waals surface area contributed by atoms with Gasteiger partial charge in [0, 0.05) is 49.9 Å². The monoisotopic (exact) mass is 694 g/mol. The van der Waals surface area contributed by atoms with Gasteiger partial charge < -0.3 is 24.8 Å². The fourth-order valence-electron chi connectivity index (χ4n) is 6.03. The van der Waals surface area contributed by atoms with Crippen LogP contribution in [0.1, 0.15) is 25.3 Å². The highest BCUT2D eigenvalue weighted by molar-refractivity contribution is 7.89. The number of anilines is 1. The predicted octanol–water partition coefficient (Wildman–Crippen LogP) is 1.28. The van der Waals surface area contributed by atoms with Gasteiger partial charge in [-0.15, -0.1) is 0 Å². The largest absolute Gasteiger partial charge is 0.479 e. The second-order valence-corrected chi connectivity index (χ2v) is 14.4. The maximum absolute atomic E-state index is 13.9. The molecule has 3 aromatic heterocycles. The molecule has 2 aliphatic rings. The van der Waals surface area contributed by atoms with Crippen molar-refractivity contribution in [3.05, 3.63) is 54.7 Å². The molecule has 0 bridgehead atoms. The number of carboxylic acids is 1. The van der Waals surface area contributed by atoms with E-state index in [9.17, 15) is 38.6 Å². The first-order valence-electron chi connectivity index (χ1n) is 15.3. The summed E-state index contributed by atoms with van der Waals surface area (Å²) in [7, 11) is -1.89. The molecule has 258 valence electrons. The van der Waals surface area contributed by atoms with Gasteiger partial charge in [0.2, 0.25) is 16.3 Å². The minimum Gasteiger partial charge on any atom is -0.479 e. The van der Waals surface area contributed by atoms with E-state index >= 15 is 0 Å². The Labute approximate surface area is 280 Å². The molecule has 0 radical (unpaired) electrons. The number of aliphatic carboxylic acids is 1. The lowest BCUT2D eigenvalue weighted by atomic mass is 9.89. The molecule has 1 amide bonds. The van der Waals surface area contributed by atoms with E-state index in [1.165, 1.54) is 27.1 Å². The predicted molar refractivity (Wildman–Crippen MR) is 172 cm³/mol. The number of ether oxygens (including phenoxy) is 2. The average Bonchev–Trinajstić information content (AvgIpc) is 3.72. The summed E-state index contributed by atoms with van der Waals surface area (Å²) in [4.78, 5) is 35.6. The molecule has 5 heterocycles. The molecule has 3 N–H and O–H groups in total. The molecule has 0 aliphatic carbocycles. The van der Waals surface area contributed by atoms with Crippen LogP contribution in [0.25, 0.3) is 22.3 Å². The third-order valence-corrected chi connectivity index (χ3v) is 10.6. The van der Waals surface area contributed by atoms with Crippen LogP contribution in [0.5, 0.6) is 5.75 Å². The summed E-state index contributed by atoms with van der Waals surface area (Å²) < 4.78 is 40.3. The van der Waals surface area contributed by atoms with Crippen LogP contribution in [0.15, 0.2) is 49.2 Å². The van der Waals surface area contributed by atoms with Crippen LogP contribution < -0.4 is 9.64 Å². The summed E-state index contributed by atoms with van der Waals surface area (Å²) in [5.74, 6) is -1.33. The number of sulfonamides is 1. The number of hydrogen-bond acceptors (Lipinski definition) is 12. The molecule has 1 aromatic carbocycles. The Morgan fingerprint density at radius 2 is 1.98 bits per heavy atom. The fourth-order valence-corrected chi connectivity index (χ4v) is 7.27. The zero-order chi connectivity index (χ0) is 35.2. The summed E-state index contributed by atoms with van der Waals surface area (Å²) in [5, 5.41) is 44.2. The number of aliphatic hydroxyl groups excluding tert-OH is 2. The zero-order valence-corrected chi connectivity index (χ0v) is 27.6. The maximum Gasteiger partial charge on any atom is 0.335 e. The quantitative estimate of drug-likeness (QED) is 0.225. The van der Waals surface area contributed by atoms with Crippen molar-refractivity contribution in [3.63, 3.8) is 0 Å². The Kier molecular flexibility index (Phi) is 8.89. The normalized spacial score (nSPS) is 22.3. The molecule has 2 saturated heterocycles. The van der Waals surface area contributed by atoms with Crippen molar-refractivity contribution >= 4 is 38.7 Å². The Bertz CT molecular complexity index is 2070. The van der Waals surface area contributed by atoms with E-state index in [-0.39, 0.29) is 43.1 Å². The van der Waals surface area contributed by atoms with E-state index in [1.54, 1.807) is 54.5 Å². The molecule has 2 aliphatic heterocycles. The molecule has 17 nitrogen and oxygen atoms in total. The molecule has 18 heteroatoms. The van der Waals surface area contributed by atoms with Gasteiger partial charge in [0.15, 0.2) is 11.8 Å². The first-order chi connectivity index (χ1) is 23.3.